The van der Waals surface area contributed by atoms with Crippen LogP contribution in [0.15, 0.2) is 83.1 Å². The molecule has 204 valence electrons. The van der Waals surface area contributed by atoms with Gasteiger partial charge >= 0.3 is 5.97 Å². The molecule has 0 saturated heterocycles. The predicted molar refractivity (Wildman–Crippen MR) is 149 cm³/mol. The lowest BCUT2D eigenvalue weighted by atomic mass is 9.85. The normalized spacial score (nSPS) is 20.1. The minimum atomic E-state index is -0.933. The third-order valence-electron chi connectivity index (χ3n) is 6.92. The summed E-state index contributed by atoms with van der Waals surface area (Å²) in [4.78, 5) is 35.0. The van der Waals surface area contributed by atoms with Crippen molar-refractivity contribution in [2.24, 2.45) is 5.16 Å². The van der Waals surface area contributed by atoms with Crippen molar-refractivity contribution in [2.75, 3.05) is 0 Å². The summed E-state index contributed by atoms with van der Waals surface area (Å²) in [7, 11) is 0. The Bertz CT molecular complexity index is 1480. The van der Waals surface area contributed by atoms with E-state index in [2.05, 4.69) is 11.7 Å². The average Bonchev–Trinajstić information content (AvgIpc) is 3.35. The van der Waals surface area contributed by atoms with Crippen molar-refractivity contribution in [3.63, 3.8) is 0 Å². The molecule has 2 N–H and O–H groups in total. The molecule has 0 spiro atoms. The number of fused-ring (bicyclic) bond motifs is 1. The number of aliphatic hydroxyl groups is 1. The molecule has 2 heterocycles. The number of carbonyl (C=O) groups is 1. The molecule has 1 aliphatic heterocycles. The van der Waals surface area contributed by atoms with Crippen LogP contribution in [0.1, 0.15) is 56.8 Å². The Morgan fingerprint density at radius 2 is 2.15 bits per heavy atom. The SMILES string of the molecule is C=C/C(=C\C=C\F)n1c(CCCCC(=O)O)nc2cc(C3=NO[C@](C)([C@@H](O)C4=CCCC=C4)C3)ccc2c1=O. The highest BCUT2D eigenvalue weighted by Crippen LogP contribution is 2.34. The summed E-state index contributed by atoms with van der Waals surface area (Å²) < 4.78 is 14.1. The smallest absolute Gasteiger partial charge is 0.303 e. The van der Waals surface area contributed by atoms with E-state index >= 15 is 0 Å². The van der Waals surface area contributed by atoms with Gasteiger partial charge in [0.15, 0.2) is 5.60 Å². The number of rotatable bonds is 11. The number of aromatic nitrogens is 2. The maximum Gasteiger partial charge on any atom is 0.303 e. The van der Waals surface area contributed by atoms with Gasteiger partial charge in [0.05, 0.1) is 22.9 Å². The van der Waals surface area contributed by atoms with E-state index < -0.39 is 17.7 Å². The van der Waals surface area contributed by atoms with E-state index in [0.29, 0.717) is 65.7 Å². The molecule has 0 unspecified atom stereocenters. The van der Waals surface area contributed by atoms with Crippen molar-refractivity contribution < 1.29 is 24.2 Å². The predicted octanol–water partition coefficient (Wildman–Crippen LogP) is 5.22. The van der Waals surface area contributed by atoms with Crippen LogP contribution in [0.3, 0.4) is 0 Å². The molecule has 9 heteroatoms. The first kappa shape index (κ1) is 27.9. The second kappa shape index (κ2) is 12.2. The molecule has 0 radical (unpaired) electrons. The van der Waals surface area contributed by atoms with Crippen LogP contribution in [0.25, 0.3) is 16.6 Å². The number of hydrogen-bond donors (Lipinski definition) is 2. The van der Waals surface area contributed by atoms with Crippen LogP contribution in [0.2, 0.25) is 0 Å². The van der Waals surface area contributed by atoms with Gasteiger partial charge in [0.1, 0.15) is 11.9 Å². The van der Waals surface area contributed by atoms with Gasteiger partial charge in [-0.25, -0.2) is 9.37 Å². The zero-order chi connectivity index (χ0) is 28.0. The lowest BCUT2D eigenvalue weighted by Gasteiger charge is -2.29. The van der Waals surface area contributed by atoms with Gasteiger partial charge in [-0.1, -0.05) is 36.0 Å². The van der Waals surface area contributed by atoms with Gasteiger partial charge < -0.3 is 15.1 Å². The summed E-state index contributed by atoms with van der Waals surface area (Å²) in [6, 6.07) is 5.19. The van der Waals surface area contributed by atoms with Crippen LogP contribution in [0.4, 0.5) is 4.39 Å². The molecule has 0 bridgehead atoms. The number of halogens is 1. The van der Waals surface area contributed by atoms with E-state index in [9.17, 15) is 19.1 Å². The Morgan fingerprint density at radius 1 is 1.33 bits per heavy atom. The number of aliphatic hydroxyl groups excluding tert-OH is 1. The highest BCUT2D eigenvalue weighted by molar-refractivity contribution is 6.04. The highest BCUT2D eigenvalue weighted by atomic mass is 19.1. The van der Waals surface area contributed by atoms with Crippen LogP contribution >= 0.6 is 0 Å². The van der Waals surface area contributed by atoms with Crippen LogP contribution in [0, 0.1) is 0 Å². The minimum absolute atomic E-state index is 0.00778. The number of nitrogens with zero attached hydrogens (tertiary/aromatic N) is 3. The molecular formula is C30H32FN3O5. The third-order valence-corrected chi connectivity index (χ3v) is 6.92. The molecule has 1 aliphatic carbocycles. The fourth-order valence-electron chi connectivity index (χ4n) is 4.82. The fraction of sp³-hybridized carbons (Fsp3) is 0.333. The zero-order valence-electron chi connectivity index (χ0n) is 21.8. The van der Waals surface area contributed by atoms with Crippen LogP contribution < -0.4 is 5.56 Å². The number of aryl methyl sites for hydroxylation is 1. The Labute approximate surface area is 225 Å². The molecule has 0 saturated carbocycles. The van der Waals surface area contributed by atoms with Gasteiger partial charge in [0.25, 0.3) is 5.56 Å². The van der Waals surface area contributed by atoms with Crippen LogP contribution in [-0.2, 0) is 16.1 Å². The van der Waals surface area contributed by atoms with Crippen molar-refractivity contribution in [3.8, 4) is 0 Å². The van der Waals surface area contributed by atoms with Crippen molar-refractivity contribution >= 4 is 28.3 Å². The number of aliphatic carboxylic acids is 1. The lowest BCUT2D eigenvalue weighted by molar-refractivity contribution is -0.137. The monoisotopic (exact) mass is 533 g/mol. The van der Waals surface area contributed by atoms with Gasteiger partial charge in [-0.15, -0.1) is 0 Å². The second-order valence-corrected chi connectivity index (χ2v) is 9.82. The molecule has 2 aliphatic rings. The number of carboxylic acids is 1. The molecule has 2 atom stereocenters. The number of unbranched alkanes of at least 4 members (excludes halogenated alkanes) is 1. The Morgan fingerprint density at radius 3 is 2.85 bits per heavy atom. The van der Waals surface area contributed by atoms with E-state index in [-0.39, 0.29) is 12.0 Å². The third kappa shape index (κ3) is 6.15. The quantitative estimate of drug-likeness (QED) is 0.302. The summed E-state index contributed by atoms with van der Waals surface area (Å²) in [5.41, 5.74) is 1.67. The summed E-state index contributed by atoms with van der Waals surface area (Å²) in [5, 5.41) is 24.6. The highest BCUT2D eigenvalue weighted by Gasteiger charge is 2.43. The van der Waals surface area contributed by atoms with Gasteiger partial charge in [0, 0.05) is 30.5 Å². The Balaban J connectivity index is 1.69. The van der Waals surface area contributed by atoms with E-state index in [1.54, 1.807) is 18.2 Å². The van der Waals surface area contributed by atoms with Crippen molar-refractivity contribution in [2.45, 2.75) is 63.6 Å². The molecule has 4 rings (SSSR count). The van der Waals surface area contributed by atoms with E-state index in [1.165, 1.54) is 16.7 Å². The number of benzene rings is 1. The fourth-order valence-corrected chi connectivity index (χ4v) is 4.82. The molecule has 8 nitrogen and oxygen atoms in total. The topological polar surface area (TPSA) is 114 Å². The first-order chi connectivity index (χ1) is 18.8. The summed E-state index contributed by atoms with van der Waals surface area (Å²) >= 11 is 0. The van der Waals surface area contributed by atoms with E-state index in [1.807, 2.05) is 25.2 Å². The lowest BCUT2D eigenvalue weighted by Crippen LogP contribution is -2.40. The Hall–Kier alpha value is -4.11. The van der Waals surface area contributed by atoms with Crippen molar-refractivity contribution in [1.29, 1.82) is 0 Å². The van der Waals surface area contributed by atoms with Crippen LogP contribution in [-0.4, -0.2) is 43.2 Å². The van der Waals surface area contributed by atoms with Gasteiger partial charge in [-0.05, 0) is 68.5 Å². The first-order valence-electron chi connectivity index (χ1n) is 12.9. The standard InChI is InChI=1S/C30H32FN3O5/c1-3-22(12-9-17-31)34-26(13-7-8-14-27(35)36)32-24-18-21(15-16-23(24)29(34)38)25-19-30(2,39-33-25)28(37)20-10-5-4-6-11-20/h3,5,9-12,15-18,28,37H,1,4,6-8,13-14,19H2,2H3,(H,35,36)/b17-9+,22-12+/t28-,30-/m0/s1. The average molecular weight is 534 g/mol. The first-order valence-corrected chi connectivity index (χ1v) is 12.9. The Kier molecular flexibility index (Phi) is 8.71. The molecule has 2 aromatic rings. The van der Waals surface area contributed by atoms with E-state index in [4.69, 9.17) is 14.9 Å². The molecule has 1 aromatic carbocycles. The molecular weight excluding hydrogens is 501 g/mol. The number of oxime groups is 1. The molecule has 0 amide bonds. The second-order valence-electron chi connectivity index (χ2n) is 9.82. The van der Waals surface area contributed by atoms with Crippen LogP contribution in [0.5, 0.6) is 0 Å². The number of hydrogen-bond acceptors (Lipinski definition) is 6. The van der Waals surface area contributed by atoms with Gasteiger partial charge in [-0.3, -0.25) is 14.2 Å². The minimum Gasteiger partial charge on any atom is -0.481 e. The maximum absolute atomic E-state index is 13.6. The summed E-state index contributed by atoms with van der Waals surface area (Å²) in [5.74, 6) is -0.481. The molecule has 39 heavy (non-hydrogen) atoms. The van der Waals surface area contributed by atoms with Crippen molar-refractivity contribution in [1.82, 2.24) is 9.55 Å². The number of carboxylic acid groups (broad SMARTS) is 1. The maximum atomic E-state index is 13.6. The number of allylic oxidation sites excluding steroid dienone is 6. The summed E-state index contributed by atoms with van der Waals surface area (Å²) in [6.07, 6.45) is 12.9. The molecule has 1 aromatic heterocycles. The molecule has 0 fully saturated rings. The van der Waals surface area contributed by atoms with E-state index in [0.717, 1.165) is 24.5 Å². The van der Waals surface area contributed by atoms with Gasteiger partial charge in [-0.2, -0.15) is 0 Å². The largest absolute Gasteiger partial charge is 0.481 e. The summed E-state index contributed by atoms with van der Waals surface area (Å²) in [6.45, 7) is 5.57. The van der Waals surface area contributed by atoms with Gasteiger partial charge in [0.2, 0.25) is 0 Å². The zero-order valence-corrected chi connectivity index (χ0v) is 21.8. The van der Waals surface area contributed by atoms with Crippen molar-refractivity contribution in [3.05, 3.63) is 94.9 Å².